The van der Waals surface area contributed by atoms with E-state index in [1.807, 2.05) is 0 Å². The second-order valence-electron chi connectivity index (χ2n) is 19.6. The molecule has 0 aliphatic rings. The summed E-state index contributed by atoms with van der Waals surface area (Å²) in [6.07, 6.45) is 70.7. The number of hydrogen-bond donors (Lipinski definition) is 0. The third-order valence-corrected chi connectivity index (χ3v) is 12.7. The summed E-state index contributed by atoms with van der Waals surface area (Å²) in [5.74, 6) is -0.940. The number of unbranched alkanes of at least 4 members (excludes halogenated alkanes) is 32. The first-order valence-corrected chi connectivity index (χ1v) is 29.3. The molecule has 68 heavy (non-hydrogen) atoms. The smallest absolute Gasteiger partial charge is 0.306 e. The summed E-state index contributed by atoms with van der Waals surface area (Å²) in [6, 6.07) is 0. The van der Waals surface area contributed by atoms with Crippen molar-refractivity contribution in [3.63, 3.8) is 0 Å². The van der Waals surface area contributed by atoms with Crippen LogP contribution in [-0.4, -0.2) is 37.2 Å². The van der Waals surface area contributed by atoms with Gasteiger partial charge in [-0.25, -0.2) is 0 Å². The van der Waals surface area contributed by atoms with E-state index < -0.39 is 6.10 Å². The summed E-state index contributed by atoms with van der Waals surface area (Å²) in [7, 11) is 0. The first-order chi connectivity index (χ1) is 33.5. The van der Waals surface area contributed by atoms with Crippen molar-refractivity contribution in [2.75, 3.05) is 13.2 Å². The van der Waals surface area contributed by atoms with Gasteiger partial charge in [-0.2, -0.15) is 0 Å². The predicted octanol–water partition coefficient (Wildman–Crippen LogP) is 19.6. The van der Waals surface area contributed by atoms with Crippen molar-refractivity contribution < 1.29 is 28.6 Å². The molecule has 0 spiro atoms. The molecule has 1 atom stereocenters. The van der Waals surface area contributed by atoms with Crippen molar-refractivity contribution in [1.82, 2.24) is 0 Å². The molecule has 0 aromatic rings. The maximum Gasteiger partial charge on any atom is 0.306 e. The molecule has 0 aromatic heterocycles. The van der Waals surface area contributed by atoms with Crippen LogP contribution in [0.5, 0.6) is 0 Å². The maximum atomic E-state index is 12.9. The normalized spacial score (nSPS) is 12.5. The van der Waals surface area contributed by atoms with Crippen molar-refractivity contribution in [3.05, 3.63) is 60.8 Å². The Morgan fingerprint density at radius 3 is 0.912 bits per heavy atom. The molecule has 0 aliphatic carbocycles. The minimum atomic E-state index is -0.797. The summed E-state index contributed by atoms with van der Waals surface area (Å²) in [5.41, 5.74) is 0. The lowest BCUT2D eigenvalue weighted by Gasteiger charge is -2.18. The third-order valence-electron chi connectivity index (χ3n) is 12.7. The lowest BCUT2D eigenvalue weighted by molar-refractivity contribution is -0.167. The Morgan fingerprint density at radius 2 is 0.544 bits per heavy atom. The van der Waals surface area contributed by atoms with Gasteiger partial charge in [0.15, 0.2) is 6.10 Å². The first-order valence-electron chi connectivity index (χ1n) is 29.3. The van der Waals surface area contributed by atoms with Crippen molar-refractivity contribution in [2.24, 2.45) is 0 Å². The highest BCUT2D eigenvalue weighted by atomic mass is 16.6. The average molecular weight is 952 g/mol. The lowest BCUT2D eigenvalue weighted by atomic mass is 10.0. The van der Waals surface area contributed by atoms with E-state index in [2.05, 4.69) is 81.5 Å². The fourth-order valence-corrected chi connectivity index (χ4v) is 8.31. The summed E-state index contributed by atoms with van der Waals surface area (Å²) in [4.78, 5) is 38.2. The number of carbonyl (C=O) groups excluding carboxylic acids is 3. The van der Waals surface area contributed by atoms with Crippen LogP contribution < -0.4 is 0 Å². The molecular weight excluding hydrogens is 841 g/mol. The Kier molecular flexibility index (Phi) is 54.3. The van der Waals surface area contributed by atoms with Crippen LogP contribution >= 0.6 is 0 Å². The molecule has 6 heteroatoms. The molecule has 0 radical (unpaired) electrons. The molecule has 394 valence electrons. The Balaban J connectivity index is 4.44. The number of allylic oxidation sites excluding steroid dienone is 10. The number of ether oxygens (including phenoxy) is 3. The molecule has 0 heterocycles. The minimum absolute atomic E-state index is 0.0905. The fraction of sp³-hybridized carbons (Fsp3) is 0.790. The standard InChI is InChI=1S/C62H110O6/c1-4-7-10-13-16-19-22-25-28-31-34-37-40-43-46-49-52-55-61(64)67-58-59(57-66-60(63)54-51-48-45-42-39-36-33-30-27-24-21-18-15-12-9-6-3)68-62(65)56-53-50-47-44-41-38-35-32-29-26-23-20-17-14-11-8-5-2/h17,20,25-26,28-29,34,37,43,46,59H,4-16,18-19,21-24,27,30-33,35-36,38-42,44-45,47-58H2,1-3H3/b20-17-,28-25-,29-26-,37-34-,46-43-. The number of rotatable bonds is 53. The van der Waals surface area contributed by atoms with Gasteiger partial charge in [-0.3, -0.25) is 14.4 Å². The maximum absolute atomic E-state index is 12.9. The van der Waals surface area contributed by atoms with E-state index in [4.69, 9.17) is 14.2 Å². The minimum Gasteiger partial charge on any atom is -0.462 e. The molecule has 6 nitrogen and oxygen atoms in total. The van der Waals surface area contributed by atoms with E-state index in [9.17, 15) is 14.4 Å². The van der Waals surface area contributed by atoms with Gasteiger partial charge in [-0.05, 0) is 83.5 Å². The third kappa shape index (κ3) is 54.1. The summed E-state index contributed by atoms with van der Waals surface area (Å²) in [6.45, 7) is 6.59. The SMILES string of the molecule is CCCCC/C=C\C/C=C\CCCCCCCCCC(=O)OC(COC(=O)CCC/C=C\C/C=C\C/C=C\CCCCCCCC)COC(=O)CCCCCCCCCCCCCCCCCC. The average Bonchev–Trinajstić information content (AvgIpc) is 3.34. The molecule has 0 amide bonds. The van der Waals surface area contributed by atoms with Crippen molar-refractivity contribution in [2.45, 2.75) is 303 Å². The molecule has 0 rings (SSSR count). The topological polar surface area (TPSA) is 78.9 Å². The highest BCUT2D eigenvalue weighted by molar-refractivity contribution is 5.71. The highest BCUT2D eigenvalue weighted by Gasteiger charge is 2.19. The predicted molar refractivity (Wildman–Crippen MR) is 293 cm³/mol. The monoisotopic (exact) mass is 951 g/mol. The molecule has 0 aliphatic heterocycles. The second-order valence-corrected chi connectivity index (χ2v) is 19.6. The van der Waals surface area contributed by atoms with E-state index in [0.29, 0.717) is 19.3 Å². The van der Waals surface area contributed by atoms with Gasteiger partial charge >= 0.3 is 17.9 Å². The first kappa shape index (κ1) is 65.1. The quantitative estimate of drug-likeness (QED) is 0.0262. The fourth-order valence-electron chi connectivity index (χ4n) is 8.31. The van der Waals surface area contributed by atoms with Gasteiger partial charge < -0.3 is 14.2 Å². The molecule has 1 unspecified atom stereocenters. The molecule has 0 bridgehead atoms. The largest absolute Gasteiger partial charge is 0.462 e. The van der Waals surface area contributed by atoms with Crippen LogP contribution in [0.3, 0.4) is 0 Å². The molecule has 0 saturated carbocycles. The van der Waals surface area contributed by atoms with Crippen molar-refractivity contribution in [3.8, 4) is 0 Å². The van der Waals surface area contributed by atoms with Crippen LogP contribution in [0.2, 0.25) is 0 Å². The summed E-state index contributed by atoms with van der Waals surface area (Å²) in [5, 5.41) is 0. The van der Waals surface area contributed by atoms with Crippen molar-refractivity contribution >= 4 is 17.9 Å². The number of carbonyl (C=O) groups is 3. The van der Waals surface area contributed by atoms with Gasteiger partial charge in [0, 0.05) is 19.3 Å². The zero-order valence-electron chi connectivity index (χ0n) is 45.1. The number of hydrogen-bond acceptors (Lipinski definition) is 6. The van der Waals surface area contributed by atoms with Crippen molar-refractivity contribution in [1.29, 1.82) is 0 Å². The number of esters is 3. The zero-order chi connectivity index (χ0) is 49.3. The molecule has 0 aromatic carbocycles. The van der Waals surface area contributed by atoms with Crippen LogP contribution in [0.25, 0.3) is 0 Å². The Bertz CT molecular complexity index is 1230. The van der Waals surface area contributed by atoms with Gasteiger partial charge in [0.25, 0.3) is 0 Å². The van der Waals surface area contributed by atoms with E-state index in [1.54, 1.807) is 0 Å². The van der Waals surface area contributed by atoms with Gasteiger partial charge in [-0.1, -0.05) is 255 Å². The van der Waals surface area contributed by atoms with Gasteiger partial charge in [0.05, 0.1) is 0 Å². The summed E-state index contributed by atoms with van der Waals surface area (Å²) >= 11 is 0. The molecule has 0 fully saturated rings. The Hall–Kier alpha value is -2.89. The second kappa shape index (κ2) is 56.7. The highest BCUT2D eigenvalue weighted by Crippen LogP contribution is 2.16. The van der Waals surface area contributed by atoms with Crippen LogP contribution in [0.15, 0.2) is 60.8 Å². The Labute approximate surface area is 421 Å². The molecule has 0 N–H and O–H groups in total. The van der Waals surface area contributed by atoms with E-state index in [1.165, 1.54) is 180 Å². The Morgan fingerprint density at radius 1 is 0.294 bits per heavy atom. The zero-order valence-corrected chi connectivity index (χ0v) is 45.1. The van der Waals surface area contributed by atoms with Gasteiger partial charge in [-0.15, -0.1) is 0 Å². The van der Waals surface area contributed by atoms with Crippen LogP contribution in [0.4, 0.5) is 0 Å². The van der Waals surface area contributed by atoms with Crippen LogP contribution in [-0.2, 0) is 28.6 Å². The van der Waals surface area contributed by atoms with Crippen LogP contribution in [0, 0.1) is 0 Å². The molecule has 0 saturated heterocycles. The van der Waals surface area contributed by atoms with E-state index in [-0.39, 0.29) is 37.5 Å². The molecular formula is C62H110O6. The van der Waals surface area contributed by atoms with Crippen LogP contribution in [0.1, 0.15) is 297 Å². The van der Waals surface area contributed by atoms with E-state index in [0.717, 1.165) is 70.6 Å². The van der Waals surface area contributed by atoms with Gasteiger partial charge in [0.1, 0.15) is 13.2 Å². The van der Waals surface area contributed by atoms with E-state index >= 15 is 0 Å². The van der Waals surface area contributed by atoms with Gasteiger partial charge in [0.2, 0.25) is 0 Å². The summed E-state index contributed by atoms with van der Waals surface area (Å²) < 4.78 is 16.8. The lowest BCUT2D eigenvalue weighted by Crippen LogP contribution is -2.30.